The standard InChI is InChI=1S/C13H13NO2S/c1-7-5-3-4-6-9(7)11-8(2)10(13(15)16)12(14)17-11/h3-6H,14H2,1-2H3,(H,15,16). The molecule has 0 unspecified atom stereocenters. The van der Waals surface area contributed by atoms with E-state index in [-0.39, 0.29) is 5.56 Å². The van der Waals surface area contributed by atoms with Crippen molar-refractivity contribution in [2.24, 2.45) is 0 Å². The van der Waals surface area contributed by atoms with Crippen LogP contribution in [0.2, 0.25) is 0 Å². The molecular weight excluding hydrogens is 234 g/mol. The Hall–Kier alpha value is -1.81. The van der Waals surface area contributed by atoms with Crippen LogP contribution in [0.5, 0.6) is 0 Å². The summed E-state index contributed by atoms with van der Waals surface area (Å²) in [5.74, 6) is -0.962. The Kier molecular flexibility index (Phi) is 2.90. The highest BCUT2D eigenvalue weighted by molar-refractivity contribution is 7.19. The third-order valence-electron chi connectivity index (χ3n) is 2.78. The second-order valence-corrected chi connectivity index (χ2v) is 4.97. The van der Waals surface area contributed by atoms with Crippen molar-refractivity contribution in [3.63, 3.8) is 0 Å². The van der Waals surface area contributed by atoms with Gasteiger partial charge in [0.1, 0.15) is 5.00 Å². The van der Waals surface area contributed by atoms with Gasteiger partial charge in [-0.15, -0.1) is 11.3 Å². The molecule has 0 aliphatic rings. The molecule has 1 heterocycles. The molecule has 2 rings (SSSR count). The lowest BCUT2D eigenvalue weighted by atomic mass is 10.0. The first-order valence-electron chi connectivity index (χ1n) is 5.20. The van der Waals surface area contributed by atoms with Crippen molar-refractivity contribution < 1.29 is 9.90 Å². The summed E-state index contributed by atoms with van der Waals surface area (Å²) in [6.45, 7) is 3.81. The summed E-state index contributed by atoms with van der Waals surface area (Å²) >= 11 is 1.33. The first kappa shape index (κ1) is 11.7. The van der Waals surface area contributed by atoms with Crippen molar-refractivity contribution in [1.29, 1.82) is 0 Å². The van der Waals surface area contributed by atoms with Gasteiger partial charge in [0.15, 0.2) is 0 Å². The molecule has 4 heteroatoms. The number of benzene rings is 1. The van der Waals surface area contributed by atoms with E-state index in [2.05, 4.69) is 0 Å². The van der Waals surface area contributed by atoms with E-state index in [1.807, 2.05) is 31.2 Å². The van der Waals surface area contributed by atoms with Crippen LogP contribution in [-0.2, 0) is 0 Å². The Morgan fingerprint density at radius 2 is 1.94 bits per heavy atom. The molecule has 1 aromatic heterocycles. The molecule has 0 aliphatic heterocycles. The molecule has 3 N–H and O–H groups in total. The van der Waals surface area contributed by atoms with Crippen LogP contribution >= 0.6 is 11.3 Å². The number of hydrogen-bond acceptors (Lipinski definition) is 3. The summed E-state index contributed by atoms with van der Waals surface area (Å²) in [4.78, 5) is 12.0. The van der Waals surface area contributed by atoms with Crippen LogP contribution in [0, 0.1) is 13.8 Å². The Morgan fingerprint density at radius 1 is 1.29 bits per heavy atom. The van der Waals surface area contributed by atoms with Crippen LogP contribution in [-0.4, -0.2) is 11.1 Å². The van der Waals surface area contributed by atoms with Crippen LogP contribution in [0.4, 0.5) is 5.00 Å². The normalized spacial score (nSPS) is 10.5. The van der Waals surface area contributed by atoms with Crippen molar-refractivity contribution in [3.8, 4) is 10.4 Å². The molecule has 0 aliphatic carbocycles. The van der Waals surface area contributed by atoms with E-state index in [0.717, 1.165) is 21.6 Å². The van der Waals surface area contributed by atoms with E-state index in [0.29, 0.717) is 5.00 Å². The van der Waals surface area contributed by atoms with Crippen molar-refractivity contribution >= 4 is 22.3 Å². The van der Waals surface area contributed by atoms with Gasteiger partial charge in [-0.2, -0.15) is 0 Å². The van der Waals surface area contributed by atoms with Gasteiger partial charge in [-0.3, -0.25) is 0 Å². The molecule has 1 aromatic carbocycles. The molecule has 3 nitrogen and oxygen atoms in total. The molecule has 88 valence electrons. The summed E-state index contributed by atoms with van der Waals surface area (Å²) in [6.07, 6.45) is 0. The lowest BCUT2D eigenvalue weighted by Crippen LogP contribution is -2.00. The van der Waals surface area contributed by atoms with Gasteiger partial charge in [-0.05, 0) is 30.5 Å². The Morgan fingerprint density at radius 3 is 2.47 bits per heavy atom. The second-order valence-electron chi connectivity index (χ2n) is 3.92. The number of thiophene rings is 1. The fraction of sp³-hybridized carbons (Fsp3) is 0.154. The maximum atomic E-state index is 11.1. The molecule has 0 spiro atoms. The van der Waals surface area contributed by atoms with Gasteiger partial charge in [-0.25, -0.2) is 4.79 Å². The van der Waals surface area contributed by atoms with Crippen molar-refractivity contribution in [3.05, 3.63) is 41.0 Å². The minimum absolute atomic E-state index is 0.230. The summed E-state index contributed by atoms with van der Waals surface area (Å²) in [5, 5.41) is 9.47. The molecule has 0 radical (unpaired) electrons. The van der Waals surface area contributed by atoms with Crippen LogP contribution in [0.1, 0.15) is 21.5 Å². The van der Waals surface area contributed by atoms with Gasteiger partial charge in [0, 0.05) is 4.88 Å². The number of nitrogens with two attached hydrogens (primary N) is 1. The number of hydrogen-bond donors (Lipinski definition) is 2. The summed E-state index contributed by atoms with van der Waals surface area (Å²) in [5.41, 5.74) is 8.91. The average Bonchev–Trinajstić information content (AvgIpc) is 2.55. The number of nitrogen functional groups attached to an aromatic ring is 1. The van der Waals surface area contributed by atoms with Crippen molar-refractivity contribution in [2.45, 2.75) is 13.8 Å². The number of carboxylic acids is 1. The SMILES string of the molecule is Cc1ccccc1-c1sc(N)c(C(=O)O)c1C. The Bertz CT molecular complexity index is 587. The van der Waals surface area contributed by atoms with E-state index < -0.39 is 5.97 Å². The number of carbonyl (C=O) groups is 1. The fourth-order valence-corrected chi connectivity index (χ4v) is 3.04. The van der Waals surface area contributed by atoms with E-state index in [1.54, 1.807) is 6.92 Å². The second kappa shape index (κ2) is 4.22. The molecule has 0 saturated heterocycles. The number of rotatable bonds is 2. The predicted octanol–water partition coefficient (Wildman–Crippen LogP) is 3.31. The van der Waals surface area contributed by atoms with Crippen LogP contribution in [0.15, 0.2) is 24.3 Å². The zero-order chi connectivity index (χ0) is 12.6. The summed E-state index contributed by atoms with van der Waals surface area (Å²) < 4.78 is 0. The highest BCUT2D eigenvalue weighted by Crippen LogP contribution is 2.39. The van der Waals surface area contributed by atoms with Gasteiger partial charge >= 0.3 is 5.97 Å². The highest BCUT2D eigenvalue weighted by Gasteiger charge is 2.20. The average molecular weight is 247 g/mol. The van der Waals surface area contributed by atoms with E-state index in [9.17, 15) is 4.79 Å². The molecular formula is C13H13NO2S. The Labute approximate surface area is 104 Å². The van der Waals surface area contributed by atoms with Crippen LogP contribution in [0.3, 0.4) is 0 Å². The maximum Gasteiger partial charge on any atom is 0.338 e. The van der Waals surface area contributed by atoms with E-state index >= 15 is 0 Å². The van der Waals surface area contributed by atoms with Crippen LogP contribution < -0.4 is 5.73 Å². The van der Waals surface area contributed by atoms with E-state index in [1.165, 1.54) is 11.3 Å². The van der Waals surface area contributed by atoms with Gasteiger partial charge in [0.2, 0.25) is 0 Å². The molecule has 17 heavy (non-hydrogen) atoms. The third kappa shape index (κ3) is 1.91. The Balaban J connectivity index is 2.66. The van der Waals surface area contributed by atoms with Gasteiger partial charge in [0.05, 0.1) is 5.56 Å². The molecule has 0 atom stereocenters. The topological polar surface area (TPSA) is 63.3 Å². The predicted molar refractivity (Wildman–Crippen MR) is 70.6 cm³/mol. The number of aromatic carboxylic acids is 1. The molecule has 0 saturated carbocycles. The lowest BCUT2D eigenvalue weighted by molar-refractivity contribution is 0.0698. The smallest absolute Gasteiger partial charge is 0.338 e. The number of aryl methyl sites for hydroxylation is 1. The van der Waals surface area contributed by atoms with Gasteiger partial charge in [0.25, 0.3) is 0 Å². The maximum absolute atomic E-state index is 11.1. The third-order valence-corrected chi connectivity index (χ3v) is 3.93. The zero-order valence-corrected chi connectivity index (χ0v) is 10.5. The van der Waals surface area contributed by atoms with Crippen molar-refractivity contribution in [2.75, 3.05) is 5.73 Å². The minimum Gasteiger partial charge on any atom is -0.478 e. The first-order chi connectivity index (χ1) is 8.02. The quantitative estimate of drug-likeness (QED) is 0.855. The van der Waals surface area contributed by atoms with Gasteiger partial charge < -0.3 is 10.8 Å². The highest BCUT2D eigenvalue weighted by atomic mass is 32.1. The van der Waals surface area contributed by atoms with Crippen LogP contribution in [0.25, 0.3) is 10.4 Å². The fourth-order valence-electron chi connectivity index (χ4n) is 1.89. The lowest BCUT2D eigenvalue weighted by Gasteiger charge is -2.04. The number of anilines is 1. The van der Waals surface area contributed by atoms with E-state index in [4.69, 9.17) is 10.8 Å². The monoisotopic (exact) mass is 247 g/mol. The first-order valence-corrected chi connectivity index (χ1v) is 6.02. The molecule has 0 bridgehead atoms. The summed E-state index contributed by atoms with van der Waals surface area (Å²) in [7, 11) is 0. The molecule has 0 fully saturated rings. The van der Waals surface area contributed by atoms with Gasteiger partial charge in [-0.1, -0.05) is 24.3 Å². The largest absolute Gasteiger partial charge is 0.478 e. The minimum atomic E-state index is -0.962. The molecule has 0 amide bonds. The molecule has 2 aromatic rings. The zero-order valence-electron chi connectivity index (χ0n) is 9.65. The van der Waals surface area contributed by atoms with Crippen molar-refractivity contribution in [1.82, 2.24) is 0 Å². The number of carboxylic acid groups (broad SMARTS) is 1. The summed E-state index contributed by atoms with van der Waals surface area (Å²) in [6, 6.07) is 7.89.